The molecule has 1 N–H and O–H groups in total. The van der Waals surface area contributed by atoms with E-state index in [1.807, 2.05) is 0 Å². The van der Waals surface area contributed by atoms with Gasteiger partial charge in [0.1, 0.15) is 18.1 Å². The van der Waals surface area contributed by atoms with Gasteiger partial charge in [-0.3, -0.25) is 9.59 Å². The summed E-state index contributed by atoms with van der Waals surface area (Å²) in [5, 5.41) is 0.615. The Morgan fingerprint density at radius 3 is 2.50 bits per heavy atom. The molecule has 0 unspecified atom stereocenters. The molecule has 1 amide bonds. The Kier molecular flexibility index (Phi) is 6.80. The molecule has 1 heterocycles. The molecule has 7 nitrogen and oxygen atoms in total. The number of H-pyrrole nitrogens is 1. The van der Waals surface area contributed by atoms with Gasteiger partial charge in [0.2, 0.25) is 0 Å². The average Bonchev–Trinajstić information content (AvgIpc) is 3.11. The highest BCUT2D eigenvalue weighted by Gasteiger charge is 2.15. The molecule has 0 spiro atoms. The largest absolute Gasteiger partial charge is 0.492 e. The van der Waals surface area contributed by atoms with Crippen molar-refractivity contribution in [3.63, 3.8) is 0 Å². The topological polar surface area (TPSA) is 88.7 Å². The quantitative estimate of drug-likeness (QED) is 0.563. The molecule has 26 heavy (non-hydrogen) atoms. The number of aromatic nitrogens is 1. The van der Waals surface area contributed by atoms with E-state index >= 15 is 0 Å². The number of Topliss-reactive ketones (excluding diaryl/α,β-unsaturated/α-hetero) is 1. The van der Waals surface area contributed by atoms with Gasteiger partial charge in [0.15, 0.2) is 12.4 Å². The second kappa shape index (κ2) is 9.05. The lowest BCUT2D eigenvalue weighted by Gasteiger charge is -2.17. The molecule has 0 radical (unpaired) electrons. The summed E-state index contributed by atoms with van der Waals surface area (Å²) in [4.78, 5) is 39.1. The zero-order chi connectivity index (χ0) is 19.1. The minimum Gasteiger partial charge on any atom is -0.492 e. The van der Waals surface area contributed by atoms with E-state index in [0.717, 1.165) is 0 Å². The highest BCUT2D eigenvalue weighted by molar-refractivity contribution is 6.30. The predicted molar refractivity (Wildman–Crippen MR) is 95.7 cm³/mol. The lowest BCUT2D eigenvalue weighted by Crippen LogP contribution is -2.34. The summed E-state index contributed by atoms with van der Waals surface area (Å²) in [5.41, 5.74) is 0.497. The number of nitrogens with one attached hydrogen (secondary N) is 1. The number of amides is 1. The first kappa shape index (κ1) is 19.5. The monoisotopic (exact) mass is 378 g/mol. The van der Waals surface area contributed by atoms with Crippen LogP contribution >= 0.6 is 11.6 Å². The molecule has 138 valence electrons. The van der Waals surface area contributed by atoms with Crippen LogP contribution in [0.1, 0.15) is 27.8 Å². The van der Waals surface area contributed by atoms with E-state index in [-0.39, 0.29) is 24.0 Å². The van der Waals surface area contributed by atoms with Crippen LogP contribution < -0.4 is 4.74 Å². The summed E-state index contributed by atoms with van der Waals surface area (Å²) in [7, 11) is 1.59. The molecule has 0 atom stereocenters. The Hall–Kier alpha value is -2.80. The first-order valence-corrected chi connectivity index (χ1v) is 8.23. The maximum atomic E-state index is 12.0. The van der Waals surface area contributed by atoms with Gasteiger partial charge in [0.05, 0.1) is 6.54 Å². The van der Waals surface area contributed by atoms with E-state index < -0.39 is 12.6 Å². The number of ether oxygens (including phenoxy) is 2. The van der Waals surface area contributed by atoms with Gasteiger partial charge in [-0.15, -0.1) is 0 Å². The van der Waals surface area contributed by atoms with Gasteiger partial charge >= 0.3 is 5.97 Å². The van der Waals surface area contributed by atoms with Gasteiger partial charge in [-0.05, 0) is 37.3 Å². The number of rotatable bonds is 8. The van der Waals surface area contributed by atoms with Crippen LogP contribution in [0.5, 0.6) is 5.75 Å². The van der Waals surface area contributed by atoms with Crippen molar-refractivity contribution < 1.29 is 23.9 Å². The van der Waals surface area contributed by atoms with E-state index in [0.29, 0.717) is 22.9 Å². The van der Waals surface area contributed by atoms with Crippen LogP contribution in [-0.2, 0) is 9.53 Å². The third kappa shape index (κ3) is 5.63. The molecule has 1 aromatic heterocycles. The van der Waals surface area contributed by atoms with E-state index in [1.165, 1.54) is 24.1 Å². The van der Waals surface area contributed by atoms with Crippen LogP contribution in [0.25, 0.3) is 0 Å². The zero-order valence-electron chi connectivity index (χ0n) is 14.5. The summed E-state index contributed by atoms with van der Waals surface area (Å²) in [6.45, 7) is 1.61. The molecule has 2 aromatic rings. The number of ketones is 1. The highest BCUT2D eigenvalue weighted by atomic mass is 35.5. The van der Waals surface area contributed by atoms with Crippen LogP contribution in [0.2, 0.25) is 5.02 Å². The Bertz CT molecular complexity index is 785. The van der Waals surface area contributed by atoms with Crippen LogP contribution in [-0.4, -0.2) is 54.3 Å². The number of carbonyl (C=O) groups is 3. The molecular formula is C18H19ClN2O5. The van der Waals surface area contributed by atoms with Crippen molar-refractivity contribution in [1.82, 2.24) is 9.88 Å². The summed E-state index contributed by atoms with van der Waals surface area (Å²) < 4.78 is 10.5. The number of aromatic amines is 1. The van der Waals surface area contributed by atoms with Gasteiger partial charge in [0, 0.05) is 23.8 Å². The van der Waals surface area contributed by atoms with Crippen LogP contribution in [0.15, 0.2) is 36.5 Å². The van der Waals surface area contributed by atoms with Crippen LogP contribution in [0.4, 0.5) is 0 Å². The van der Waals surface area contributed by atoms with Crippen molar-refractivity contribution in [2.24, 2.45) is 0 Å². The summed E-state index contributed by atoms with van der Waals surface area (Å²) in [6, 6.07) is 8.28. The van der Waals surface area contributed by atoms with Gasteiger partial charge in [-0.25, -0.2) is 4.79 Å². The molecule has 0 bridgehead atoms. The Labute approximate surface area is 155 Å². The lowest BCUT2D eigenvalue weighted by molar-refractivity contribution is -0.133. The minimum atomic E-state index is -0.698. The fourth-order valence-electron chi connectivity index (χ4n) is 1.99. The number of likely N-dealkylation sites (N-methyl/N-ethyl adjacent to an activating group) is 1. The SMILES string of the molecule is CC(=O)c1c[nH]c(C(=O)OCC(=O)N(C)CCOc2ccc(Cl)cc2)c1. The molecule has 0 aliphatic rings. The fraction of sp³-hybridized carbons (Fsp3) is 0.278. The maximum Gasteiger partial charge on any atom is 0.355 e. The summed E-state index contributed by atoms with van der Waals surface area (Å²) in [6.07, 6.45) is 1.42. The van der Waals surface area contributed by atoms with Gasteiger partial charge in [0.25, 0.3) is 5.91 Å². The van der Waals surface area contributed by atoms with Crippen molar-refractivity contribution in [1.29, 1.82) is 0 Å². The second-order valence-corrected chi connectivity index (χ2v) is 5.99. The third-order valence-corrected chi connectivity index (χ3v) is 3.82. The number of benzene rings is 1. The van der Waals surface area contributed by atoms with E-state index in [9.17, 15) is 14.4 Å². The zero-order valence-corrected chi connectivity index (χ0v) is 15.2. The predicted octanol–water partition coefficient (Wildman–Crippen LogP) is 2.56. The van der Waals surface area contributed by atoms with Crippen molar-refractivity contribution >= 4 is 29.3 Å². The van der Waals surface area contributed by atoms with Gasteiger partial charge in [-0.1, -0.05) is 11.6 Å². The maximum absolute atomic E-state index is 12.0. The average molecular weight is 379 g/mol. The number of hydrogen-bond acceptors (Lipinski definition) is 5. The lowest BCUT2D eigenvalue weighted by atomic mass is 10.2. The molecule has 0 saturated carbocycles. The molecule has 0 saturated heterocycles. The smallest absolute Gasteiger partial charge is 0.355 e. The Balaban J connectivity index is 1.73. The van der Waals surface area contributed by atoms with Gasteiger partial charge < -0.3 is 19.4 Å². The van der Waals surface area contributed by atoms with E-state index in [4.69, 9.17) is 21.1 Å². The summed E-state index contributed by atoms with van der Waals surface area (Å²) >= 11 is 5.79. The van der Waals surface area contributed by atoms with E-state index in [1.54, 1.807) is 31.3 Å². The van der Waals surface area contributed by atoms with Crippen molar-refractivity contribution in [3.8, 4) is 5.75 Å². The van der Waals surface area contributed by atoms with Crippen molar-refractivity contribution in [2.75, 3.05) is 26.8 Å². The molecule has 2 rings (SSSR count). The Morgan fingerprint density at radius 2 is 1.88 bits per heavy atom. The normalized spacial score (nSPS) is 10.3. The summed E-state index contributed by atoms with van der Waals surface area (Å²) in [5.74, 6) is -0.584. The molecule has 1 aromatic carbocycles. The molecule has 8 heteroatoms. The second-order valence-electron chi connectivity index (χ2n) is 5.55. The molecule has 0 aliphatic carbocycles. The first-order chi connectivity index (χ1) is 12.4. The van der Waals surface area contributed by atoms with Crippen molar-refractivity contribution in [3.05, 3.63) is 52.8 Å². The number of hydrogen-bond donors (Lipinski definition) is 1. The molecular weight excluding hydrogens is 360 g/mol. The van der Waals surface area contributed by atoms with Gasteiger partial charge in [-0.2, -0.15) is 0 Å². The molecule has 0 fully saturated rings. The minimum absolute atomic E-state index is 0.122. The molecule has 0 aliphatic heterocycles. The number of nitrogens with zero attached hydrogens (tertiary/aromatic N) is 1. The highest BCUT2D eigenvalue weighted by Crippen LogP contribution is 2.15. The fourth-order valence-corrected chi connectivity index (χ4v) is 2.11. The van der Waals surface area contributed by atoms with E-state index in [2.05, 4.69) is 4.98 Å². The number of halogens is 1. The first-order valence-electron chi connectivity index (χ1n) is 7.85. The van der Waals surface area contributed by atoms with Crippen LogP contribution in [0, 0.1) is 0 Å². The Morgan fingerprint density at radius 1 is 1.19 bits per heavy atom. The number of esters is 1. The standard InChI is InChI=1S/C18H19ClN2O5/c1-12(22)13-9-16(20-10-13)18(24)26-11-17(23)21(2)7-8-25-15-5-3-14(19)4-6-15/h3-6,9-10,20H,7-8,11H2,1-2H3. The van der Waals surface area contributed by atoms with Crippen molar-refractivity contribution in [2.45, 2.75) is 6.92 Å². The third-order valence-electron chi connectivity index (χ3n) is 3.57. The number of carbonyl (C=O) groups excluding carboxylic acids is 3. The van der Waals surface area contributed by atoms with Crippen LogP contribution in [0.3, 0.4) is 0 Å².